The predicted octanol–water partition coefficient (Wildman–Crippen LogP) is 3.77. The van der Waals surface area contributed by atoms with Gasteiger partial charge in [-0.2, -0.15) is 4.98 Å². The first-order valence-electron chi connectivity index (χ1n) is 14.8. The molecule has 1 N–H and O–H groups in total. The Morgan fingerprint density at radius 1 is 0.955 bits per heavy atom. The first kappa shape index (κ1) is 30.5. The molecule has 1 aliphatic heterocycles. The molecular formula is C33H39N7O4. The van der Waals surface area contributed by atoms with Crippen molar-refractivity contribution in [3.8, 4) is 17.4 Å². The van der Waals surface area contributed by atoms with E-state index >= 15 is 0 Å². The zero-order valence-electron chi connectivity index (χ0n) is 25.6. The fourth-order valence-corrected chi connectivity index (χ4v) is 5.19. The number of piperazine rings is 1. The Bertz CT molecular complexity index is 1540. The van der Waals surface area contributed by atoms with Gasteiger partial charge in [0.15, 0.2) is 0 Å². The number of hydrogen-bond acceptors (Lipinski definition) is 8. The topological polar surface area (TPSA) is 115 Å². The van der Waals surface area contributed by atoms with E-state index in [9.17, 15) is 9.59 Å². The molecule has 5 rings (SSSR count). The van der Waals surface area contributed by atoms with Gasteiger partial charge in [0.1, 0.15) is 23.6 Å². The molecule has 11 nitrogen and oxygen atoms in total. The van der Waals surface area contributed by atoms with Gasteiger partial charge >= 0.3 is 0 Å². The van der Waals surface area contributed by atoms with Crippen LogP contribution in [0.4, 0.5) is 5.82 Å². The Balaban J connectivity index is 1.36. The maximum Gasteiger partial charge on any atom is 0.237 e. The van der Waals surface area contributed by atoms with E-state index in [-0.39, 0.29) is 36.6 Å². The van der Waals surface area contributed by atoms with Gasteiger partial charge in [-0.3, -0.25) is 14.2 Å². The van der Waals surface area contributed by atoms with E-state index < -0.39 is 0 Å². The predicted molar refractivity (Wildman–Crippen MR) is 167 cm³/mol. The molecule has 1 fully saturated rings. The summed E-state index contributed by atoms with van der Waals surface area (Å²) in [4.78, 5) is 44.5. The molecule has 2 amide bonds. The lowest BCUT2D eigenvalue weighted by molar-refractivity contribution is -0.132. The lowest BCUT2D eigenvalue weighted by atomic mass is 10.0. The van der Waals surface area contributed by atoms with Crippen molar-refractivity contribution in [3.63, 3.8) is 0 Å². The van der Waals surface area contributed by atoms with Crippen LogP contribution in [0, 0.1) is 0 Å². The smallest absolute Gasteiger partial charge is 0.237 e. The zero-order valence-corrected chi connectivity index (χ0v) is 25.6. The first-order chi connectivity index (χ1) is 21.3. The molecule has 44 heavy (non-hydrogen) atoms. The third-order valence-corrected chi connectivity index (χ3v) is 7.76. The fourth-order valence-electron chi connectivity index (χ4n) is 5.19. The largest absolute Gasteiger partial charge is 0.497 e. The molecule has 2 aromatic carbocycles. The average Bonchev–Trinajstić information content (AvgIpc) is 3.59. The van der Waals surface area contributed by atoms with Gasteiger partial charge < -0.3 is 24.6 Å². The van der Waals surface area contributed by atoms with E-state index in [0.29, 0.717) is 32.1 Å². The van der Waals surface area contributed by atoms with Crippen LogP contribution in [0.25, 0.3) is 5.95 Å². The lowest BCUT2D eigenvalue weighted by Crippen LogP contribution is -2.56. The molecule has 2 aromatic heterocycles. The summed E-state index contributed by atoms with van der Waals surface area (Å²) in [7, 11) is 3.24. The van der Waals surface area contributed by atoms with Crippen LogP contribution in [0.5, 0.6) is 11.5 Å². The minimum atomic E-state index is -0.287. The molecule has 230 valence electrons. The summed E-state index contributed by atoms with van der Waals surface area (Å²) in [6.07, 6.45) is 5.64. The van der Waals surface area contributed by atoms with Crippen molar-refractivity contribution in [3.05, 3.63) is 90.1 Å². The standard InChI is InChI=1S/C33H39N7O4/c1-23(2)29-19-30(37-33(36-29)39-14-13-34-22-39)40-16-15-38(32(42)17-24-5-9-27(43-3)10-6-24)21-26(40)18-31(41)35-20-25-7-11-28(44-4)12-8-25/h5-14,19,22-23,26H,15-18,20-21H2,1-4H3,(H,35,41). The second kappa shape index (κ2) is 14.0. The van der Waals surface area contributed by atoms with Crippen molar-refractivity contribution >= 4 is 17.6 Å². The molecule has 1 aliphatic rings. The summed E-state index contributed by atoms with van der Waals surface area (Å²) in [5.74, 6) is 2.83. The van der Waals surface area contributed by atoms with Gasteiger partial charge in [-0.15, -0.1) is 0 Å². The van der Waals surface area contributed by atoms with Crippen LogP contribution in [0.15, 0.2) is 73.3 Å². The summed E-state index contributed by atoms with van der Waals surface area (Å²) in [5, 5.41) is 3.05. The minimum absolute atomic E-state index is 0.0168. The van der Waals surface area contributed by atoms with Gasteiger partial charge in [0.2, 0.25) is 17.8 Å². The van der Waals surface area contributed by atoms with Crippen molar-refractivity contribution in [2.45, 2.75) is 45.2 Å². The second-order valence-electron chi connectivity index (χ2n) is 11.1. The summed E-state index contributed by atoms with van der Waals surface area (Å²) in [6.45, 7) is 6.01. The Hall–Kier alpha value is -4.93. The van der Waals surface area contributed by atoms with Crippen LogP contribution in [0.1, 0.15) is 43.0 Å². The van der Waals surface area contributed by atoms with Gasteiger partial charge in [0.25, 0.3) is 0 Å². The highest BCUT2D eigenvalue weighted by atomic mass is 16.5. The Labute approximate surface area is 257 Å². The Kier molecular flexibility index (Phi) is 9.73. The van der Waals surface area contributed by atoms with Crippen LogP contribution >= 0.6 is 0 Å². The summed E-state index contributed by atoms with van der Waals surface area (Å²) in [5.41, 5.74) is 2.77. The number of ether oxygens (including phenoxy) is 2. The highest BCUT2D eigenvalue weighted by molar-refractivity contribution is 5.80. The van der Waals surface area contributed by atoms with Crippen molar-refractivity contribution in [2.24, 2.45) is 0 Å². The first-order valence-corrected chi connectivity index (χ1v) is 14.8. The number of amides is 2. The summed E-state index contributed by atoms with van der Waals surface area (Å²) >= 11 is 0. The SMILES string of the molecule is COc1ccc(CNC(=O)CC2CN(C(=O)Cc3ccc(OC)cc3)CCN2c2cc(C(C)C)nc(-n3ccnc3)n2)cc1. The number of nitrogens with zero attached hydrogens (tertiary/aromatic N) is 6. The number of imidazole rings is 1. The number of aromatic nitrogens is 4. The molecule has 1 unspecified atom stereocenters. The van der Waals surface area contributed by atoms with E-state index in [2.05, 4.69) is 29.0 Å². The van der Waals surface area contributed by atoms with Crippen molar-refractivity contribution in [1.29, 1.82) is 0 Å². The molecule has 0 radical (unpaired) electrons. The van der Waals surface area contributed by atoms with Gasteiger partial charge in [-0.05, 0) is 41.3 Å². The maximum atomic E-state index is 13.4. The van der Waals surface area contributed by atoms with E-state index in [0.717, 1.165) is 34.1 Å². The lowest BCUT2D eigenvalue weighted by Gasteiger charge is -2.42. The highest BCUT2D eigenvalue weighted by Crippen LogP contribution is 2.26. The number of anilines is 1. The van der Waals surface area contributed by atoms with Gasteiger partial charge in [-0.1, -0.05) is 38.1 Å². The molecule has 3 heterocycles. The van der Waals surface area contributed by atoms with Gasteiger partial charge in [0.05, 0.1) is 32.4 Å². The van der Waals surface area contributed by atoms with Crippen LogP contribution < -0.4 is 19.7 Å². The molecule has 11 heteroatoms. The normalized spacial score (nSPS) is 14.9. The number of carbonyl (C=O) groups excluding carboxylic acids is 2. The minimum Gasteiger partial charge on any atom is -0.497 e. The number of carbonyl (C=O) groups is 2. The zero-order chi connectivity index (χ0) is 31.1. The van der Waals surface area contributed by atoms with Gasteiger partial charge in [-0.25, -0.2) is 9.97 Å². The average molecular weight is 598 g/mol. The van der Waals surface area contributed by atoms with Crippen molar-refractivity contribution in [2.75, 3.05) is 38.8 Å². The number of benzene rings is 2. The number of methoxy groups -OCH3 is 2. The number of rotatable bonds is 11. The van der Waals surface area contributed by atoms with E-state index in [1.807, 2.05) is 65.7 Å². The summed E-state index contributed by atoms with van der Waals surface area (Å²) in [6, 6.07) is 16.8. The van der Waals surface area contributed by atoms with E-state index in [1.54, 1.807) is 31.3 Å². The third kappa shape index (κ3) is 7.52. The molecule has 1 saturated heterocycles. The van der Waals surface area contributed by atoms with Crippen molar-refractivity contribution in [1.82, 2.24) is 29.7 Å². The van der Waals surface area contributed by atoms with Crippen LogP contribution in [0.2, 0.25) is 0 Å². The van der Waals surface area contributed by atoms with E-state index in [4.69, 9.17) is 19.4 Å². The fraction of sp³-hybridized carbons (Fsp3) is 0.364. The number of nitrogens with one attached hydrogen (secondary N) is 1. The molecule has 0 saturated carbocycles. The molecule has 1 atom stereocenters. The van der Waals surface area contributed by atoms with Crippen molar-refractivity contribution < 1.29 is 19.1 Å². The molecule has 4 aromatic rings. The maximum absolute atomic E-state index is 13.4. The van der Waals surface area contributed by atoms with Crippen LogP contribution in [-0.2, 0) is 22.6 Å². The second-order valence-corrected chi connectivity index (χ2v) is 11.1. The van der Waals surface area contributed by atoms with E-state index in [1.165, 1.54) is 0 Å². The number of hydrogen-bond donors (Lipinski definition) is 1. The van der Waals surface area contributed by atoms with Crippen LogP contribution in [-0.4, -0.2) is 76.1 Å². The van der Waals surface area contributed by atoms with Gasteiger partial charge in [0, 0.05) is 51.1 Å². The Morgan fingerprint density at radius 3 is 2.25 bits per heavy atom. The monoisotopic (exact) mass is 597 g/mol. The summed E-state index contributed by atoms with van der Waals surface area (Å²) < 4.78 is 12.3. The molecular weight excluding hydrogens is 558 g/mol. The van der Waals surface area contributed by atoms with Crippen LogP contribution in [0.3, 0.4) is 0 Å². The molecule has 0 aliphatic carbocycles. The molecule has 0 spiro atoms. The molecule has 0 bridgehead atoms. The highest BCUT2D eigenvalue weighted by Gasteiger charge is 2.32. The quantitative estimate of drug-likeness (QED) is 0.278. The Morgan fingerprint density at radius 2 is 1.64 bits per heavy atom. The third-order valence-electron chi connectivity index (χ3n) is 7.76.